The number of fused-ring (bicyclic) bond motifs is 1. The molecule has 0 aliphatic carbocycles. The Morgan fingerprint density at radius 3 is 2.34 bits per heavy atom. The molecular weight excluding hydrogens is 364 g/mol. The number of rotatable bonds is 3. The third kappa shape index (κ3) is 3.54. The van der Waals surface area contributed by atoms with Gasteiger partial charge in [0.2, 0.25) is 0 Å². The van der Waals surface area contributed by atoms with Crippen molar-refractivity contribution < 1.29 is 4.79 Å². The number of nitrogens with zero attached hydrogens (tertiary/aromatic N) is 4. The van der Waals surface area contributed by atoms with Crippen LogP contribution in [-0.4, -0.2) is 25.7 Å². The van der Waals surface area contributed by atoms with Gasteiger partial charge in [0.25, 0.3) is 5.91 Å². The summed E-state index contributed by atoms with van der Waals surface area (Å²) >= 11 is 0. The van der Waals surface area contributed by atoms with Crippen molar-refractivity contribution in [3.05, 3.63) is 66.5 Å². The minimum atomic E-state index is -0.271. The first-order valence-electron chi connectivity index (χ1n) is 9.31. The molecule has 2 heterocycles. The fourth-order valence-corrected chi connectivity index (χ4v) is 3.15. The second-order valence-electron chi connectivity index (χ2n) is 7.79. The monoisotopic (exact) mass is 386 g/mol. The third-order valence-corrected chi connectivity index (χ3v) is 4.58. The van der Waals surface area contributed by atoms with Crippen LogP contribution in [0.4, 0.5) is 11.5 Å². The van der Waals surface area contributed by atoms with Crippen molar-refractivity contribution >= 4 is 28.4 Å². The first-order chi connectivity index (χ1) is 13.8. The maximum atomic E-state index is 12.5. The Balaban J connectivity index is 1.71. The SMILES string of the molecule is CC(C)(C)n1nc(-c2ccc(C(=O)Nc3ccccc3)cc2)c2c(N)ncnc21. The van der Waals surface area contributed by atoms with Gasteiger partial charge in [-0.1, -0.05) is 30.3 Å². The van der Waals surface area contributed by atoms with Gasteiger partial charge in [-0.2, -0.15) is 5.10 Å². The van der Waals surface area contributed by atoms with Crippen molar-refractivity contribution in [2.75, 3.05) is 11.1 Å². The zero-order valence-electron chi connectivity index (χ0n) is 16.5. The normalized spacial score (nSPS) is 11.6. The second-order valence-corrected chi connectivity index (χ2v) is 7.79. The van der Waals surface area contributed by atoms with Crippen LogP contribution in [-0.2, 0) is 5.54 Å². The van der Waals surface area contributed by atoms with Gasteiger partial charge in [0.05, 0.1) is 10.9 Å². The Kier molecular flexibility index (Phi) is 4.50. The smallest absolute Gasteiger partial charge is 0.255 e. The van der Waals surface area contributed by atoms with Crippen molar-refractivity contribution in [2.24, 2.45) is 0 Å². The van der Waals surface area contributed by atoms with Crippen molar-refractivity contribution in [3.8, 4) is 11.3 Å². The Bertz CT molecular complexity index is 1170. The number of carbonyl (C=O) groups excluding carboxylic acids is 1. The van der Waals surface area contributed by atoms with E-state index >= 15 is 0 Å². The molecule has 1 amide bonds. The Labute approximate surface area is 168 Å². The number of hydrogen-bond donors (Lipinski definition) is 2. The molecule has 29 heavy (non-hydrogen) atoms. The fourth-order valence-electron chi connectivity index (χ4n) is 3.15. The number of para-hydroxylation sites is 1. The number of aromatic nitrogens is 4. The van der Waals surface area contributed by atoms with Crippen LogP contribution in [0.5, 0.6) is 0 Å². The highest BCUT2D eigenvalue weighted by atomic mass is 16.1. The summed E-state index contributed by atoms with van der Waals surface area (Å²) < 4.78 is 1.85. The highest BCUT2D eigenvalue weighted by Gasteiger charge is 2.23. The van der Waals surface area contributed by atoms with E-state index in [1.807, 2.05) is 47.1 Å². The minimum Gasteiger partial charge on any atom is -0.383 e. The summed E-state index contributed by atoms with van der Waals surface area (Å²) in [5.41, 5.74) is 9.41. The maximum Gasteiger partial charge on any atom is 0.255 e. The number of anilines is 2. The van der Waals surface area contributed by atoms with E-state index in [-0.39, 0.29) is 11.4 Å². The van der Waals surface area contributed by atoms with Crippen LogP contribution in [0, 0.1) is 0 Å². The average Bonchev–Trinajstić information content (AvgIpc) is 3.10. The zero-order valence-corrected chi connectivity index (χ0v) is 16.5. The first kappa shape index (κ1) is 18.6. The molecule has 0 spiro atoms. The van der Waals surface area contributed by atoms with E-state index in [2.05, 4.69) is 36.1 Å². The summed E-state index contributed by atoms with van der Waals surface area (Å²) in [5, 5.41) is 8.36. The number of nitrogen functional groups attached to an aromatic ring is 1. The van der Waals surface area contributed by atoms with Crippen LogP contribution >= 0.6 is 0 Å². The van der Waals surface area contributed by atoms with Gasteiger partial charge in [0.1, 0.15) is 17.8 Å². The second kappa shape index (κ2) is 7.01. The van der Waals surface area contributed by atoms with Crippen molar-refractivity contribution in [3.63, 3.8) is 0 Å². The highest BCUT2D eigenvalue weighted by Crippen LogP contribution is 2.32. The van der Waals surface area contributed by atoms with Gasteiger partial charge < -0.3 is 11.1 Å². The summed E-state index contributed by atoms with van der Waals surface area (Å²) in [4.78, 5) is 21.0. The van der Waals surface area contributed by atoms with Gasteiger partial charge in [-0.3, -0.25) is 4.79 Å². The van der Waals surface area contributed by atoms with Crippen LogP contribution < -0.4 is 11.1 Å². The molecule has 4 rings (SSSR count). The molecule has 2 aromatic carbocycles. The Morgan fingerprint density at radius 2 is 1.69 bits per heavy atom. The van der Waals surface area contributed by atoms with E-state index < -0.39 is 0 Å². The predicted molar refractivity (Wildman–Crippen MR) is 115 cm³/mol. The molecule has 0 radical (unpaired) electrons. The van der Waals surface area contributed by atoms with Crippen LogP contribution in [0.2, 0.25) is 0 Å². The summed E-state index contributed by atoms with van der Waals surface area (Å²) in [7, 11) is 0. The number of nitrogens with one attached hydrogen (secondary N) is 1. The van der Waals surface area contributed by atoms with Crippen molar-refractivity contribution in [1.82, 2.24) is 19.7 Å². The predicted octanol–water partition coefficient (Wildman–Crippen LogP) is 4.08. The lowest BCUT2D eigenvalue weighted by atomic mass is 10.1. The number of benzene rings is 2. The molecule has 7 heteroatoms. The van der Waals surface area contributed by atoms with Crippen molar-refractivity contribution in [1.29, 1.82) is 0 Å². The molecule has 4 aromatic rings. The standard InChI is InChI=1S/C22H22N6O/c1-22(2,3)28-20-17(19(23)24-13-25-20)18(27-28)14-9-11-15(12-10-14)21(29)26-16-7-5-4-6-8-16/h4-13H,1-3H3,(H,26,29)(H2,23,24,25). The molecule has 0 aliphatic heterocycles. The molecule has 0 aliphatic rings. The molecule has 0 unspecified atom stereocenters. The molecule has 7 nitrogen and oxygen atoms in total. The van der Waals surface area contributed by atoms with Gasteiger partial charge in [0.15, 0.2) is 5.65 Å². The molecule has 0 atom stereocenters. The van der Waals surface area contributed by atoms with E-state index in [4.69, 9.17) is 10.8 Å². The quantitative estimate of drug-likeness (QED) is 0.553. The number of nitrogens with two attached hydrogens (primary N) is 1. The lowest BCUT2D eigenvalue weighted by Crippen LogP contribution is -2.23. The molecule has 0 fully saturated rings. The lowest BCUT2D eigenvalue weighted by Gasteiger charge is -2.19. The average molecular weight is 386 g/mol. The molecule has 146 valence electrons. The van der Waals surface area contributed by atoms with E-state index in [1.165, 1.54) is 6.33 Å². The van der Waals surface area contributed by atoms with Crippen LogP contribution in [0.3, 0.4) is 0 Å². The summed E-state index contributed by atoms with van der Waals surface area (Å²) in [6.45, 7) is 6.16. The highest BCUT2D eigenvalue weighted by molar-refractivity contribution is 6.05. The summed E-state index contributed by atoms with van der Waals surface area (Å²) in [6, 6.07) is 16.6. The lowest BCUT2D eigenvalue weighted by molar-refractivity contribution is 0.102. The van der Waals surface area contributed by atoms with Crippen molar-refractivity contribution in [2.45, 2.75) is 26.3 Å². The van der Waals surface area contributed by atoms with E-state index in [0.29, 0.717) is 28.1 Å². The Hall–Kier alpha value is -3.74. The number of amides is 1. The van der Waals surface area contributed by atoms with E-state index in [0.717, 1.165) is 11.3 Å². The molecule has 0 saturated heterocycles. The molecular formula is C22H22N6O. The van der Waals surface area contributed by atoms with Gasteiger partial charge in [-0.05, 0) is 45.0 Å². The minimum absolute atomic E-state index is 0.171. The van der Waals surface area contributed by atoms with Crippen LogP contribution in [0.15, 0.2) is 60.9 Å². The maximum absolute atomic E-state index is 12.5. The van der Waals surface area contributed by atoms with Gasteiger partial charge in [-0.25, -0.2) is 14.6 Å². The van der Waals surface area contributed by atoms with Gasteiger partial charge in [0, 0.05) is 16.8 Å². The first-order valence-corrected chi connectivity index (χ1v) is 9.31. The van der Waals surface area contributed by atoms with Crippen LogP contribution in [0.25, 0.3) is 22.3 Å². The summed E-state index contributed by atoms with van der Waals surface area (Å²) in [6.07, 6.45) is 1.45. The number of hydrogen-bond acceptors (Lipinski definition) is 5. The number of carbonyl (C=O) groups is 1. The van der Waals surface area contributed by atoms with Gasteiger partial charge >= 0.3 is 0 Å². The van der Waals surface area contributed by atoms with Crippen LogP contribution in [0.1, 0.15) is 31.1 Å². The Morgan fingerprint density at radius 1 is 1.00 bits per heavy atom. The molecule has 0 saturated carbocycles. The largest absolute Gasteiger partial charge is 0.383 e. The molecule has 3 N–H and O–H groups in total. The third-order valence-electron chi connectivity index (χ3n) is 4.58. The zero-order chi connectivity index (χ0) is 20.6. The molecule has 0 bridgehead atoms. The molecule has 2 aromatic heterocycles. The summed E-state index contributed by atoms with van der Waals surface area (Å²) in [5.74, 6) is 0.210. The van der Waals surface area contributed by atoms with Gasteiger partial charge in [-0.15, -0.1) is 0 Å². The van der Waals surface area contributed by atoms with E-state index in [9.17, 15) is 4.79 Å². The van der Waals surface area contributed by atoms with E-state index in [1.54, 1.807) is 12.1 Å². The topological polar surface area (TPSA) is 98.7 Å². The fraction of sp³-hybridized carbons (Fsp3) is 0.182.